The second-order valence-electron chi connectivity index (χ2n) is 7.34. The highest BCUT2D eigenvalue weighted by molar-refractivity contribution is 5.68. The maximum absolute atomic E-state index is 14.5. The molecule has 2 N–H and O–H groups in total. The molecular formula is C15H27F2N3O2. The fourth-order valence-electron chi connectivity index (χ4n) is 3.09. The number of hydrogen-bond acceptors (Lipinski definition) is 4. The Labute approximate surface area is 130 Å². The van der Waals surface area contributed by atoms with Crippen LogP contribution in [0.25, 0.3) is 0 Å². The van der Waals surface area contributed by atoms with Gasteiger partial charge in [-0.2, -0.15) is 0 Å². The normalized spacial score (nSPS) is 27.7. The van der Waals surface area contributed by atoms with Crippen molar-refractivity contribution in [3.63, 3.8) is 0 Å². The molecule has 22 heavy (non-hydrogen) atoms. The molecule has 0 aromatic carbocycles. The molecule has 128 valence electrons. The summed E-state index contributed by atoms with van der Waals surface area (Å²) in [4.78, 5) is 14.9. The van der Waals surface area contributed by atoms with Crippen molar-refractivity contribution >= 4 is 6.09 Å². The second kappa shape index (κ2) is 6.28. The minimum atomic E-state index is -2.92. The first kappa shape index (κ1) is 17.4. The van der Waals surface area contributed by atoms with Crippen molar-refractivity contribution in [2.24, 2.45) is 5.73 Å². The van der Waals surface area contributed by atoms with Crippen LogP contribution >= 0.6 is 0 Å². The third-order valence-corrected chi connectivity index (χ3v) is 4.23. The zero-order valence-electron chi connectivity index (χ0n) is 13.6. The summed E-state index contributed by atoms with van der Waals surface area (Å²) in [6, 6.07) is -0.689. The van der Waals surface area contributed by atoms with Gasteiger partial charge >= 0.3 is 6.09 Å². The van der Waals surface area contributed by atoms with Crippen molar-refractivity contribution < 1.29 is 18.3 Å². The average molecular weight is 319 g/mol. The van der Waals surface area contributed by atoms with Crippen molar-refractivity contribution in [1.82, 2.24) is 9.80 Å². The lowest BCUT2D eigenvalue weighted by molar-refractivity contribution is -0.129. The molecule has 1 amide bonds. The molecule has 1 atom stereocenters. The third-order valence-electron chi connectivity index (χ3n) is 4.23. The molecule has 2 heterocycles. The van der Waals surface area contributed by atoms with Crippen LogP contribution in [0.15, 0.2) is 0 Å². The Kier molecular flexibility index (Phi) is 4.96. The van der Waals surface area contributed by atoms with E-state index in [0.29, 0.717) is 19.6 Å². The summed E-state index contributed by atoms with van der Waals surface area (Å²) in [7, 11) is 0. The number of rotatable bonds is 1. The molecule has 0 saturated carbocycles. The summed E-state index contributed by atoms with van der Waals surface area (Å²) in [6.07, 6.45) is 1.11. The van der Waals surface area contributed by atoms with Gasteiger partial charge in [0.25, 0.3) is 5.92 Å². The zero-order chi connectivity index (χ0) is 16.5. The van der Waals surface area contributed by atoms with Crippen LogP contribution in [0.4, 0.5) is 13.6 Å². The van der Waals surface area contributed by atoms with Gasteiger partial charge < -0.3 is 15.4 Å². The van der Waals surface area contributed by atoms with Gasteiger partial charge in [-0.15, -0.1) is 0 Å². The highest BCUT2D eigenvalue weighted by atomic mass is 19.3. The van der Waals surface area contributed by atoms with Crippen molar-refractivity contribution in [3.8, 4) is 0 Å². The summed E-state index contributed by atoms with van der Waals surface area (Å²) in [5.74, 6) is -2.92. The lowest BCUT2D eigenvalue weighted by Crippen LogP contribution is -2.61. The van der Waals surface area contributed by atoms with Crippen LogP contribution in [-0.2, 0) is 4.74 Å². The van der Waals surface area contributed by atoms with Gasteiger partial charge in [0.15, 0.2) is 0 Å². The minimum Gasteiger partial charge on any atom is -0.444 e. The number of alkyl halides is 2. The molecule has 0 aliphatic carbocycles. The van der Waals surface area contributed by atoms with E-state index in [1.165, 1.54) is 0 Å². The Morgan fingerprint density at radius 1 is 1.18 bits per heavy atom. The van der Waals surface area contributed by atoms with Gasteiger partial charge in [-0.3, -0.25) is 4.90 Å². The van der Waals surface area contributed by atoms with E-state index >= 15 is 0 Å². The van der Waals surface area contributed by atoms with E-state index in [0.717, 1.165) is 17.7 Å². The topological polar surface area (TPSA) is 58.8 Å². The summed E-state index contributed by atoms with van der Waals surface area (Å²) in [6.45, 7) is 6.13. The first-order valence-electron chi connectivity index (χ1n) is 7.94. The van der Waals surface area contributed by atoms with Crippen LogP contribution < -0.4 is 5.73 Å². The Morgan fingerprint density at radius 2 is 1.77 bits per heavy atom. The molecular weight excluding hydrogens is 292 g/mol. The average Bonchev–Trinajstić information content (AvgIpc) is 2.37. The highest BCUT2D eigenvalue weighted by Gasteiger charge is 2.49. The first-order chi connectivity index (χ1) is 10.1. The molecule has 2 rings (SSSR count). The molecule has 0 radical (unpaired) electrons. The Bertz CT molecular complexity index is 404. The lowest BCUT2D eigenvalue weighted by atomic mass is 9.95. The number of ether oxygens (including phenoxy) is 1. The number of nitrogens with two attached hydrogens (primary N) is 1. The molecule has 0 bridgehead atoms. The van der Waals surface area contributed by atoms with Crippen molar-refractivity contribution in [3.05, 3.63) is 0 Å². The van der Waals surface area contributed by atoms with Crippen LogP contribution in [0.2, 0.25) is 0 Å². The number of hydrogen-bond donors (Lipinski definition) is 1. The molecule has 0 aromatic rings. The monoisotopic (exact) mass is 319 g/mol. The molecule has 0 aromatic heterocycles. The second-order valence-corrected chi connectivity index (χ2v) is 7.34. The predicted molar refractivity (Wildman–Crippen MR) is 79.9 cm³/mol. The number of piperidine rings is 2. The van der Waals surface area contributed by atoms with Gasteiger partial charge in [0.05, 0.1) is 12.6 Å². The number of amides is 1. The molecule has 2 aliphatic rings. The Morgan fingerprint density at radius 3 is 2.27 bits per heavy atom. The number of carbonyl (C=O) groups is 1. The van der Waals surface area contributed by atoms with E-state index < -0.39 is 30.2 Å². The van der Waals surface area contributed by atoms with Crippen LogP contribution in [0, 0.1) is 0 Å². The molecule has 2 aliphatic heterocycles. The van der Waals surface area contributed by atoms with Gasteiger partial charge in [0.1, 0.15) is 5.60 Å². The van der Waals surface area contributed by atoms with Gasteiger partial charge in [0, 0.05) is 25.7 Å². The number of carbonyl (C=O) groups excluding carboxylic acids is 1. The van der Waals surface area contributed by atoms with Gasteiger partial charge in [-0.1, -0.05) is 0 Å². The van der Waals surface area contributed by atoms with E-state index in [-0.39, 0.29) is 12.5 Å². The van der Waals surface area contributed by atoms with E-state index in [4.69, 9.17) is 10.5 Å². The van der Waals surface area contributed by atoms with Crippen LogP contribution in [0.5, 0.6) is 0 Å². The maximum Gasteiger partial charge on any atom is 0.410 e. The number of likely N-dealkylation sites (tertiary alicyclic amines) is 2. The molecule has 5 nitrogen and oxygen atoms in total. The quantitative estimate of drug-likeness (QED) is 0.804. The molecule has 7 heteroatoms. The number of halogens is 2. The maximum atomic E-state index is 14.5. The van der Waals surface area contributed by atoms with Gasteiger partial charge in [0.2, 0.25) is 0 Å². The summed E-state index contributed by atoms with van der Waals surface area (Å²) >= 11 is 0. The standard InChI is InChI=1S/C15H27F2N3O2/c1-14(2,3)22-13(21)20-9-6-12(15(16,17)10-20)19-7-4-11(18)5-8-19/h11-12H,4-10,18H2,1-3H3/t12-/m1/s1. The van der Waals surface area contributed by atoms with Gasteiger partial charge in [-0.05, 0) is 40.0 Å². The van der Waals surface area contributed by atoms with Gasteiger partial charge in [-0.25, -0.2) is 13.6 Å². The van der Waals surface area contributed by atoms with Crippen LogP contribution in [0.3, 0.4) is 0 Å². The van der Waals surface area contributed by atoms with Crippen LogP contribution in [-0.4, -0.2) is 65.7 Å². The fourth-order valence-corrected chi connectivity index (χ4v) is 3.09. The number of nitrogens with zero attached hydrogens (tertiary/aromatic N) is 2. The summed E-state index contributed by atoms with van der Waals surface area (Å²) in [5.41, 5.74) is 5.16. The van der Waals surface area contributed by atoms with E-state index in [9.17, 15) is 13.6 Å². The molecule has 0 spiro atoms. The first-order valence-corrected chi connectivity index (χ1v) is 7.94. The smallest absolute Gasteiger partial charge is 0.410 e. The van der Waals surface area contributed by atoms with Crippen molar-refractivity contribution in [2.75, 3.05) is 26.2 Å². The summed E-state index contributed by atoms with van der Waals surface area (Å²) in [5, 5.41) is 0. The molecule has 2 saturated heterocycles. The Balaban J connectivity index is 1.96. The predicted octanol–water partition coefficient (Wildman–Crippen LogP) is 2.05. The van der Waals surface area contributed by atoms with E-state index in [2.05, 4.69) is 0 Å². The van der Waals surface area contributed by atoms with Crippen molar-refractivity contribution in [2.45, 2.75) is 63.6 Å². The third kappa shape index (κ3) is 4.29. The van der Waals surface area contributed by atoms with Crippen LogP contribution in [0.1, 0.15) is 40.0 Å². The minimum absolute atomic E-state index is 0.117. The molecule has 2 fully saturated rings. The molecule has 0 unspecified atom stereocenters. The largest absolute Gasteiger partial charge is 0.444 e. The SMILES string of the molecule is CC(C)(C)OC(=O)N1CC[C@@H](N2CCC(N)CC2)C(F)(F)C1. The fraction of sp³-hybridized carbons (Fsp3) is 0.933. The zero-order valence-corrected chi connectivity index (χ0v) is 13.6. The lowest BCUT2D eigenvalue weighted by Gasteiger charge is -2.45. The highest BCUT2D eigenvalue weighted by Crippen LogP contribution is 2.33. The summed E-state index contributed by atoms with van der Waals surface area (Å²) < 4.78 is 34.1. The van der Waals surface area contributed by atoms with E-state index in [1.54, 1.807) is 20.8 Å². The van der Waals surface area contributed by atoms with Crippen molar-refractivity contribution in [1.29, 1.82) is 0 Å². The van der Waals surface area contributed by atoms with E-state index in [1.807, 2.05) is 4.90 Å². The Hall–Kier alpha value is -0.950.